The van der Waals surface area contributed by atoms with Crippen LogP contribution in [-0.2, 0) is 11.2 Å². The van der Waals surface area contributed by atoms with Gasteiger partial charge in [-0.2, -0.15) is 0 Å². The van der Waals surface area contributed by atoms with Crippen molar-refractivity contribution in [2.45, 2.75) is 26.3 Å². The maximum atomic E-state index is 12.8. The first kappa shape index (κ1) is 19.6. The molecule has 3 heteroatoms. The van der Waals surface area contributed by atoms with Crippen molar-refractivity contribution in [2.75, 3.05) is 7.05 Å². The molecule has 0 fully saturated rings. The Balaban J connectivity index is 1.74. The summed E-state index contributed by atoms with van der Waals surface area (Å²) in [6.07, 6.45) is 2.47. The fraction of sp³-hybridized carbons (Fsp3) is 0.200. The summed E-state index contributed by atoms with van der Waals surface area (Å²) in [7, 11) is 1.66. The third kappa shape index (κ3) is 4.55. The quantitative estimate of drug-likeness (QED) is 0.627. The zero-order valence-corrected chi connectivity index (χ0v) is 16.5. The maximum absolute atomic E-state index is 12.8. The minimum Gasteiger partial charge on any atom is -0.331 e. The third-order valence-electron chi connectivity index (χ3n) is 4.88. The number of nitrogens with zero attached hydrogens (tertiary/aromatic N) is 1. The maximum Gasteiger partial charge on any atom is 0.254 e. The summed E-state index contributed by atoms with van der Waals surface area (Å²) in [5.74, 6) is -0.166. The summed E-state index contributed by atoms with van der Waals surface area (Å²) in [6, 6.07) is 23.3. The van der Waals surface area contributed by atoms with Gasteiger partial charge in [0.05, 0.1) is 0 Å². The van der Waals surface area contributed by atoms with E-state index < -0.39 is 6.04 Å². The molecule has 0 aromatic heterocycles. The van der Waals surface area contributed by atoms with E-state index in [2.05, 4.69) is 12.1 Å². The van der Waals surface area contributed by atoms with Crippen LogP contribution in [0.1, 0.15) is 27.0 Å². The molecule has 0 saturated heterocycles. The Labute approximate surface area is 166 Å². The van der Waals surface area contributed by atoms with E-state index in [1.165, 1.54) is 4.90 Å². The number of benzene rings is 3. The molecule has 3 nitrogen and oxygen atoms in total. The van der Waals surface area contributed by atoms with Crippen molar-refractivity contribution in [3.8, 4) is 11.1 Å². The lowest BCUT2D eigenvalue weighted by Gasteiger charge is -2.24. The van der Waals surface area contributed by atoms with Crippen molar-refractivity contribution in [2.24, 2.45) is 0 Å². The lowest BCUT2D eigenvalue weighted by molar-refractivity contribution is 0.0768. The van der Waals surface area contributed by atoms with Crippen LogP contribution in [0.25, 0.3) is 11.1 Å². The first-order valence-corrected chi connectivity index (χ1v) is 9.35. The summed E-state index contributed by atoms with van der Waals surface area (Å²) >= 11 is 0. The average Bonchev–Trinajstić information content (AvgIpc) is 2.71. The van der Waals surface area contributed by atoms with Gasteiger partial charge in [-0.05, 0) is 42.7 Å². The monoisotopic (exact) mass is 370 g/mol. The Hall–Kier alpha value is -3.20. The van der Waals surface area contributed by atoms with E-state index >= 15 is 0 Å². The normalized spacial score (nSPS) is 11.7. The second-order valence-corrected chi connectivity index (χ2v) is 7.19. The van der Waals surface area contributed by atoms with Gasteiger partial charge in [0.1, 0.15) is 6.04 Å². The van der Waals surface area contributed by atoms with Crippen LogP contribution in [0.15, 0.2) is 72.8 Å². The van der Waals surface area contributed by atoms with Gasteiger partial charge in [-0.1, -0.05) is 71.8 Å². The molecule has 3 aromatic carbocycles. The molecule has 0 unspecified atom stereocenters. The Morgan fingerprint density at radius 1 is 0.893 bits per heavy atom. The number of hydrogen-bond acceptors (Lipinski definition) is 2. The van der Waals surface area contributed by atoms with E-state index in [9.17, 15) is 9.59 Å². The van der Waals surface area contributed by atoms with E-state index in [0.717, 1.165) is 27.8 Å². The van der Waals surface area contributed by atoms with Gasteiger partial charge in [-0.15, -0.1) is 0 Å². The van der Waals surface area contributed by atoms with Crippen molar-refractivity contribution in [3.63, 3.8) is 0 Å². The Bertz CT molecular complexity index is 941. The van der Waals surface area contributed by atoms with Gasteiger partial charge in [-0.25, -0.2) is 0 Å². The van der Waals surface area contributed by atoms with Gasteiger partial charge in [0.2, 0.25) is 6.29 Å². The molecule has 3 rings (SSSR count). The molecular formula is C25H24NO2. The van der Waals surface area contributed by atoms with Crippen molar-refractivity contribution in [1.82, 2.24) is 4.90 Å². The number of rotatable bonds is 6. The summed E-state index contributed by atoms with van der Waals surface area (Å²) in [4.78, 5) is 25.9. The number of amides is 1. The summed E-state index contributed by atoms with van der Waals surface area (Å²) in [6.45, 7) is 3.92. The largest absolute Gasteiger partial charge is 0.331 e. The lowest BCUT2D eigenvalue weighted by Crippen LogP contribution is -2.39. The average molecular weight is 370 g/mol. The second-order valence-electron chi connectivity index (χ2n) is 7.19. The number of carbonyl (C=O) groups excluding carboxylic acids is 2. The minimum absolute atomic E-state index is 0.166. The second kappa shape index (κ2) is 8.66. The van der Waals surface area contributed by atoms with E-state index in [0.29, 0.717) is 12.0 Å². The van der Waals surface area contributed by atoms with Crippen LogP contribution < -0.4 is 0 Å². The van der Waals surface area contributed by atoms with Gasteiger partial charge in [-0.3, -0.25) is 9.59 Å². The van der Waals surface area contributed by atoms with Gasteiger partial charge in [0.25, 0.3) is 5.91 Å². The van der Waals surface area contributed by atoms with Crippen LogP contribution in [0.4, 0.5) is 0 Å². The van der Waals surface area contributed by atoms with E-state index in [1.54, 1.807) is 7.05 Å². The summed E-state index contributed by atoms with van der Waals surface area (Å²) in [5, 5.41) is 0. The van der Waals surface area contributed by atoms with Crippen LogP contribution in [-0.4, -0.2) is 30.2 Å². The smallest absolute Gasteiger partial charge is 0.254 e. The van der Waals surface area contributed by atoms with Crippen LogP contribution >= 0.6 is 0 Å². The van der Waals surface area contributed by atoms with Crippen molar-refractivity contribution in [1.29, 1.82) is 0 Å². The van der Waals surface area contributed by atoms with E-state index in [4.69, 9.17) is 0 Å². The van der Waals surface area contributed by atoms with E-state index in [-0.39, 0.29) is 5.91 Å². The molecule has 0 aliphatic heterocycles. The molecule has 3 aromatic rings. The molecule has 28 heavy (non-hydrogen) atoms. The summed E-state index contributed by atoms with van der Waals surface area (Å²) < 4.78 is 0. The van der Waals surface area contributed by atoms with Gasteiger partial charge in [0, 0.05) is 19.0 Å². The number of likely N-dealkylation sites (N-methyl/N-ethyl adjacent to an activating group) is 1. The molecule has 1 atom stereocenters. The lowest BCUT2D eigenvalue weighted by atomic mass is 10.00. The summed E-state index contributed by atoms with van der Waals surface area (Å²) in [5.41, 5.74) is 5.91. The highest BCUT2D eigenvalue weighted by Crippen LogP contribution is 2.20. The van der Waals surface area contributed by atoms with Crippen LogP contribution in [0, 0.1) is 13.8 Å². The molecule has 0 aliphatic rings. The molecular weight excluding hydrogens is 346 g/mol. The molecule has 0 saturated carbocycles. The fourth-order valence-electron chi connectivity index (χ4n) is 3.39. The van der Waals surface area contributed by atoms with Crippen molar-refractivity contribution >= 4 is 12.2 Å². The molecule has 0 spiro atoms. The highest BCUT2D eigenvalue weighted by molar-refractivity contribution is 5.96. The standard InChI is InChI=1S/C25H24NO2/c1-18-13-19(2)15-23(14-18)25(28)26(3)24(17-27)16-20-9-11-22(12-10-20)21-7-5-4-6-8-21/h4-15,24H,16H2,1-3H3/t24-/m0/s1. The Kier molecular flexibility index (Phi) is 6.05. The predicted molar refractivity (Wildman–Crippen MR) is 113 cm³/mol. The topological polar surface area (TPSA) is 37.4 Å². The fourth-order valence-corrected chi connectivity index (χ4v) is 3.39. The molecule has 0 N–H and O–H groups in total. The van der Waals surface area contributed by atoms with Gasteiger partial charge in [0.15, 0.2) is 0 Å². The van der Waals surface area contributed by atoms with Crippen molar-refractivity contribution < 1.29 is 9.59 Å². The molecule has 1 amide bonds. The molecule has 0 aliphatic carbocycles. The molecule has 0 bridgehead atoms. The van der Waals surface area contributed by atoms with Crippen LogP contribution in [0.5, 0.6) is 0 Å². The van der Waals surface area contributed by atoms with Crippen molar-refractivity contribution in [3.05, 3.63) is 95.1 Å². The first-order valence-electron chi connectivity index (χ1n) is 9.35. The zero-order chi connectivity index (χ0) is 20.1. The van der Waals surface area contributed by atoms with Gasteiger partial charge < -0.3 is 4.90 Å². The first-order chi connectivity index (χ1) is 13.5. The van der Waals surface area contributed by atoms with Crippen LogP contribution in [0.3, 0.4) is 0 Å². The number of aryl methyl sites for hydroxylation is 2. The molecule has 0 heterocycles. The van der Waals surface area contributed by atoms with Crippen LogP contribution in [0.2, 0.25) is 0 Å². The Morgan fingerprint density at radius 2 is 1.46 bits per heavy atom. The number of carbonyl (C=O) groups is 1. The highest BCUT2D eigenvalue weighted by Gasteiger charge is 2.22. The zero-order valence-electron chi connectivity index (χ0n) is 16.5. The highest BCUT2D eigenvalue weighted by atomic mass is 16.2. The predicted octanol–water partition coefficient (Wildman–Crippen LogP) is 4.76. The molecule has 141 valence electrons. The SMILES string of the molecule is Cc1cc(C)cc(C(=O)N(C)[C@H]([C]=O)Cc2ccc(-c3ccccc3)cc2)c1. The third-order valence-corrected chi connectivity index (χ3v) is 4.88. The minimum atomic E-state index is -0.629. The Morgan fingerprint density at radius 3 is 2.04 bits per heavy atom. The molecule has 1 radical (unpaired) electrons. The number of hydrogen-bond donors (Lipinski definition) is 0. The van der Waals surface area contributed by atoms with E-state index in [1.807, 2.05) is 80.8 Å². The van der Waals surface area contributed by atoms with Gasteiger partial charge >= 0.3 is 0 Å².